The van der Waals surface area contributed by atoms with Crippen LogP contribution in [0, 0.1) is 0 Å². The third kappa shape index (κ3) is 4.98. The molecule has 1 saturated heterocycles. The van der Waals surface area contributed by atoms with Gasteiger partial charge in [0.2, 0.25) is 0 Å². The normalized spacial score (nSPS) is 15.3. The summed E-state index contributed by atoms with van der Waals surface area (Å²) in [6.45, 7) is 5.67. The number of hydrogen-bond acceptors (Lipinski definition) is 3. The molecular weight excluding hydrogens is 333 g/mol. The molecule has 0 bridgehead atoms. The first-order chi connectivity index (χ1) is 10.8. The maximum absolute atomic E-state index is 6.43. The molecule has 5 heteroatoms. The third-order valence-electron chi connectivity index (χ3n) is 4.06. The second-order valence-electron chi connectivity index (χ2n) is 5.61. The van der Waals surface area contributed by atoms with E-state index < -0.39 is 0 Å². The minimum atomic E-state index is 0. The summed E-state index contributed by atoms with van der Waals surface area (Å²) in [6, 6.07) is 12.1. The van der Waals surface area contributed by atoms with Crippen molar-refractivity contribution in [1.29, 1.82) is 0 Å². The molecule has 0 unspecified atom stereocenters. The standard InChI is InChI=1S/C18H22ClNO2.ClH/c19-18-16-6-2-1-5-15(16)7-8-17(18)22-12-4-3-9-20-10-13-21-14-11-20;/h1-2,5-8H,3-4,9-14H2;1H. The van der Waals surface area contributed by atoms with Crippen molar-refractivity contribution < 1.29 is 9.47 Å². The lowest BCUT2D eigenvalue weighted by atomic mass is 10.1. The molecule has 126 valence electrons. The van der Waals surface area contributed by atoms with Crippen molar-refractivity contribution in [2.45, 2.75) is 12.8 Å². The van der Waals surface area contributed by atoms with Crippen LogP contribution in [0.4, 0.5) is 0 Å². The maximum atomic E-state index is 6.43. The van der Waals surface area contributed by atoms with Crippen LogP contribution in [0.15, 0.2) is 36.4 Å². The number of morpholine rings is 1. The lowest BCUT2D eigenvalue weighted by Gasteiger charge is -2.26. The lowest BCUT2D eigenvalue weighted by molar-refractivity contribution is 0.0368. The highest BCUT2D eigenvalue weighted by atomic mass is 35.5. The van der Waals surface area contributed by atoms with Crippen LogP contribution >= 0.6 is 24.0 Å². The molecule has 0 radical (unpaired) electrons. The van der Waals surface area contributed by atoms with Crippen LogP contribution in [0.25, 0.3) is 10.8 Å². The van der Waals surface area contributed by atoms with E-state index in [2.05, 4.69) is 17.0 Å². The molecule has 1 fully saturated rings. The number of nitrogens with zero attached hydrogens (tertiary/aromatic N) is 1. The van der Waals surface area contributed by atoms with Gasteiger partial charge in [-0.1, -0.05) is 41.9 Å². The Morgan fingerprint density at radius 2 is 1.83 bits per heavy atom. The smallest absolute Gasteiger partial charge is 0.138 e. The zero-order valence-electron chi connectivity index (χ0n) is 13.2. The van der Waals surface area contributed by atoms with Gasteiger partial charge in [-0.25, -0.2) is 0 Å². The first-order valence-electron chi connectivity index (χ1n) is 7.95. The van der Waals surface area contributed by atoms with Gasteiger partial charge in [-0.15, -0.1) is 12.4 Å². The average Bonchev–Trinajstić information content (AvgIpc) is 2.58. The van der Waals surface area contributed by atoms with E-state index in [9.17, 15) is 0 Å². The fourth-order valence-corrected chi connectivity index (χ4v) is 3.06. The second-order valence-corrected chi connectivity index (χ2v) is 5.99. The molecule has 0 aliphatic carbocycles. The molecule has 0 N–H and O–H groups in total. The molecular formula is C18H23Cl2NO2. The van der Waals surface area contributed by atoms with Crippen molar-refractivity contribution in [3.05, 3.63) is 41.4 Å². The van der Waals surface area contributed by atoms with E-state index in [0.29, 0.717) is 11.6 Å². The summed E-state index contributed by atoms with van der Waals surface area (Å²) >= 11 is 6.43. The summed E-state index contributed by atoms with van der Waals surface area (Å²) in [5.41, 5.74) is 0. The molecule has 2 aromatic carbocycles. The van der Waals surface area contributed by atoms with Crippen molar-refractivity contribution in [2.75, 3.05) is 39.5 Å². The highest BCUT2D eigenvalue weighted by Crippen LogP contribution is 2.32. The number of halogens is 2. The second kappa shape index (κ2) is 9.33. The van der Waals surface area contributed by atoms with E-state index in [0.717, 1.165) is 62.2 Å². The van der Waals surface area contributed by atoms with E-state index in [4.69, 9.17) is 21.1 Å². The number of fused-ring (bicyclic) bond motifs is 1. The van der Waals surface area contributed by atoms with Gasteiger partial charge in [0, 0.05) is 18.5 Å². The SMILES string of the molecule is Cl.Clc1c(OCCCCN2CCOCC2)ccc2ccccc12. The van der Waals surface area contributed by atoms with Gasteiger partial charge in [0.05, 0.1) is 24.8 Å². The first kappa shape index (κ1) is 18.3. The van der Waals surface area contributed by atoms with E-state index in [-0.39, 0.29) is 12.4 Å². The Morgan fingerprint density at radius 3 is 2.65 bits per heavy atom. The van der Waals surface area contributed by atoms with E-state index in [1.165, 1.54) is 0 Å². The Kier molecular flexibility index (Phi) is 7.44. The molecule has 1 aliphatic rings. The molecule has 0 amide bonds. The van der Waals surface area contributed by atoms with Crippen molar-refractivity contribution in [2.24, 2.45) is 0 Å². The third-order valence-corrected chi connectivity index (χ3v) is 4.45. The Hall–Kier alpha value is -1.00. The van der Waals surface area contributed by atoms with Crippen LogP contribution in [0.2, 0.25) is 5.02 Å². The minimum absolute atomic E-state index is 0. The quantitative estimate of drug-likeness (QED) is 0.716. The summed E-state index contributed by atoms with van der Waals surface area (Å²) in [5, 5.41) is 2.91. The molecule has 3 nitrogen and oxygen atoms in total. The van der Waals surface area contributed by atoms with E-state index in [1.807, 2.05) is 24.3 Å². The van der Waals surface area contributed by atoms with Crippen LogP contribution in [0.3, 0.4) is 0 Å². The molecule has 1 heterocycles. The molecule has 0 spiro atoms. The van der Waals surface area contributed by atoms with Crippen LogP contribution in [0.1, 0.15) is 12.8 Å². The van der Waals surface area contributed by atoms with Gasteiger partial charge >= 0.3 is 0 Å². The molecule has 2 aromatic rings. The van der Waals surface area contributed by atoms with E-state index in [1.54, 1.807) is 0 Å². The number of ether oxygens (including phenoxy) is 2. The molecule has 3 rings (SSSR count). The molecule has 0 saturated carbocycles. The van der Waals surface area contributed by atoms with Crippen molar-refractivity contribution in [3.8, 4) is 5.75 Å². The zero-order valence-corrected chi connectivity index (χ0v) is 14.7. The summed E-state index contributed by atoms with van der Waals surface area (Å²) < 4.78 is 11.2. The fourth-order valence-electron chi connectivity index (χ4n) is 2.77. The molecule has 0 atom stereocenters. The van der Waals surface area contributed by atoms with Crippen LogP contribution < -0.4 is 4.74 Å². The van der Waals surface area contributed by atoms with Gasteiger partial charge in [0.1, 0.15) is 5.75 Å². The molecule has 1 aliphatic heterocycles. The number of hydrogen-bond donors (Lipinski definition) is 0. The number of unbranched alkanes of at least 4 members (excludes halogenated alkanes) is 1. The van der Waals surface area contributed by atoms with Crippen molar-refractivity contribution in [3.63, 3.8) is 0 Å². The predicted molar refractivity (Wildman–Crippen MR) is 98.2 cm³/mol. The van der Waals surface area contributed by atoms with Crippen LogP contribution in [-0.2, 0) is 4.74 Å². The molecule has 23 heavy (non-hydrogen) atoms. The Labute approximate surface area is 148 Å². The fraction of sp³-hybridized carbons (Fsp3) is 0.444. The van der Waals surface area contributed by atoms with Gasteiger partial charge in [-0.2, -0.15) is 0 Å². The Morgan fingerprint density at radius 1 is 1.04 bits per heavy atom. The van der Waals surface area contributed by atoms with E-state index >= 15 is 0 Å². The highest BCUT2D eigenvalue weighted by Gasteiger charge is 2.09. The monoisotopic (exact) mass is 355 g/mol. The highest BCUT2D eigenvalue weighted by molar-refractivity contribution is 6.37. The van der Waals surface area contributed by atoms with Crippen LogP contribution in [-0.4, -0.2) is 44.4 Å². The van der Waals surface area contributed by atoms with Crippen LogP contribution in [0.5, 0.6) is 5.75 Å². The lowest BCUT2D eigenvalue weighted by Crippen LogP contribution is -2.36. The topological polar surface area (TPSA) is 21.7 Å². The summed E-state index contributed by atoms with van der Waals surface area (Å²) in [6.07, 6.45) is 2.19. The number of rotatable bonds is 6. The van der Waals surface area contributed by atoms with Gasteiger partial charge in [-0.3, -0.25) is 4.90 Å². The van der Waals surface area contributed by atoms with Gasteiger partial charge < -0.3 is 9.47 Å². The van der Waals surface area contributed by atoms with Gasteiger partial charge in [-0.05, 0) is 30.8 Å². The maximum Gasteiger partial charge on any atom is 0.138 e. The van der Waals surface area contributed by atoms with Crippen molar-refractivity contribution >= 4 is 34.8 Å². The summed E-state index contributed by atoms with van der Waals surface area (Å²) in [4.78, 5) is 2.45. The number of benzene rings is 2. The largest absolute Gasteiger partial charge is 0.492 e. The van der Waals surface area contributed by atoms with Gasteiger partial charge in [0.15, 0.2) is 0 Å². The summed E-state index contributed by atoms with van der Waals surface area (Å²) in [7, 11) is 0. The van der Waals surface area contributed by atoms with Crippen molar-refractivity contribution in [1.82, 2.24) is 4.90 Å². The Bertz CT molecular complexity index is 615. The minimum Gasteiger partial charge on any atom is -0.492 e. The zero-order chi connectivity index (χ0) is 15.2. The van der Waals surface area contributed by atoms with Gasteiger partial charge in [0.25, 0.3) is 0 Å². The molecule has 0 aromatic heterocycles. The predicted octanol–water partition coefficient (Wildman–Crippen LogP) is 4.41. The Balaban J connectivity index is 0.00000192. The average molecular weight is 356 g/mol. The first-order valence-corrected chi connectivity index (χ1v) is 8.32. The summed E-state index contributed by atoms with van der Waals surface area (Å²) in [5.74, 6) is 0.784.